The Balaban J connectivity index is 1.99. The lowest BCUT2D eigenvalue weighted by Gasteiger charge is -2.11. The fourth-order valence-electron chi connectivity index (χ4n) is 2.20. The second kappa shape index (κ2) is 5.82. The third kappa shape index (κ3) is 3.13. The minimum Gasteiger partial charge on any atom is -0.478 e. The van der Waals surface area contributed by atoms with Crippen molar-refractivity contribution in [3.05, 3.63) is 40.7 Å². The molecule has 2 heterocycles. The summed E-state index contributed by atoms with van der Waals surface area (Å²) < 4.78 is 10.0. The summed E-state index contributed by atoms with van der Waals surface area (Å²) in [7, 11) is 0. The van der Waals surface area contributed by atoms with E-state index in [2.05, 4.69) is 10.5 Å². The van der Waals surface area contributed by atoms with Gasteiger partial charge in [0.05, 0.1) is 11.3 Å². The average Bonchev–Trinajstić information content (AvgIpc) is 3.03. The number of furan rings is 1. The van der Waals surface area contributed by atoms with Crippen molar-refractivity contribution in [2.75, 3.05) is 6.54 Å². The summed E-state index contributed by atoms with van der Waals surface area (Å²) in [6.45, 7) is 5.97. The van der Waals surface area contributed by atoms with Gasteiger partial charge >= 0.3 is 5.97 Å². The van der Waals surface area contributed by atoms with Gasteiger partial charge in [0, 0.05) is 24.1 Å². The number of aromatic nitrogens is 1. The van der Waals surface area contributed by atoms with E-state index < -0.39 is 11.9 Å². The number of rotatable bonds is 5. The van der Waals surface area contributed by atoms with Crippen LogP contribution in [0.4, 0.5) is 0 Å². The zero-order valence-corrected chi connectivity index (χ0v) is 12.0. The van der Waals surface area contributed by atoms with E-state index in [0.717, 1.165) is 23.3 Å². The van der Waals surface area contributed by atoms with Gasteiger partial charge in [-0.2, -0.15) is 0 Å². The third-order valence-corrected chi connectivity index (χ3v) is 3.22. The monoisotopic (exact) mass is 292 g/mol. The van der Waals surface area contributed by atoms with Crippen LogP contribution in [-0.4, -0.2) is 28.7 Å². The summed E-state index contributed by atoms with van der Waals surface area (Å²) in [5, 5.41) is 15.3. The summed E-state index contributed by atoms with van der Waals surface area (Å²) in [4.78, 5) is 22.6. The van der Waals surface area contributed by atoms with E-state index in [1.165, 1.54) is 6.07 Å². The summed E-state index contributed by atoms with van der Waals surface area (Å²) in [6, 6.07) is 1.19. The third-order valence-electron chi connectivity index (χ3n) is 3.22. The lowest BCUT2D eigenvalue weighted by molar-refractivity contribution is 0.0696. The number of carboxylic acid groups (broad SMARTS) is 1. The van der Waals surface area contributed by atoms with Crippen molar-refractivity contribution in [2.24, 2.45) is 0 Å². The molecule has 1 atom stereocenters. The van der Waals surface area contributed by atoms with Crippen molar-refractivity contribution in [1.29, 1.82) is 0 Å². The van der Waals surface area contributed by atoms with Gasteiger partial charge in [0.1, 0.15) is 12.0 Å². The van der Waals surface area contributed by atoms with Crippen LogP contribution in [0.5, 0.6) is 0 Å². The van der Waals surface area contributed by atoms with E-state index in [9.17, 15) is 9.59 Å². The van der Waals surface area contributed by atoms with Crippen LogP contribution in [-0.2, 0) is 0 Å². The van der Waals surface area contributed by atoms with E-state index >= 15 is 0 Å². The minimum atomic E-state index is -1.14. The summed E-state index contributed by atoms with van der Waals surface area (Å²) in [5.41, 5.74) is 1.69. The Morgan fingerprint density at radius 3 is 2.67 bits per heavy atom. The normalized spacial score (nSPS) is 12.1. The SMILES string of the molecule is Cc1noc(C)c1C(C)CNC(=O)c1cc(C(=O)O)co1. The van der Waals surface area contributed by atoms with Gasteiger partial charge in [0.25, 0.3) is 5.91 Å². The first-order valence-electron chi connectivity index (χ1n) is 6.43. The van der Waals surface area contributed by atoms with Gasteiger partial charge in [0.2, 0.25) is 0 Å². The Labute approximate surface area is 120 Å². The fraction of sp³-hybridized carbons (Fsp3) is 0.357. The molecule has 21 heavy (non-hydrogen) atoms. The number of carbonyl (C=O) groups excluding carboxylic acids is 1. The van der Waals surface area contributed by atoms with Crippen LogP contribution in [0, 0.1) is 13.8 Å². The lowest BCUT2D eigenvalue weighted by Crippen LogP contribution is -2.27. The Morgan fingerprint density at radius 1 is 1.43 bits per heavy atom. The van der Waals surface area contributed by atoms with Crippen molar-refractivity contribution in [2.45, 2.75) is 26.7 Å². The molecule has 0 aliphatic heterocycles. The first-order chi connectivity index (χ1) is 9.90. The Bertz CT molecular complexity index is 651. The fourth-order valence-corrected chi connectivity index (χ4v) is 2.20. The largest absolute Gasteiger partial charge is 0.478 e. The Morgan fingerprint density at radius 2 is 2.14 bits per heavy atom. The molecular weight excluding hydrogens is 276 g/mol. The van der Waals surface area contributed by atoms with Crippen molar-refractivity contribution in [3.63, 3.8) is 0 Å². The number of carbonyl (C=O) groups is 2. The zero-order chi connectivity index (χ0) is 15.6. The summed E-state index contributed by atoms with van der Waals surface area (Å²) >= 11 is 0. The number of carboxylic acids is 1. The zero-order valence-electron chi connectivity index (χ0n) is 12.0. The molecule has 0 radical (unpaired) electrons. The van der Waals surface area contributed by atoms with Crippen molar-refractivity contribution >= 4 is 11.9 Å². The molecule has 112 valence electrons. The molecule has 7 heteroatoms. The van der Waals surface area contributed by atoms with Crippen molar-refractivity contribution in [1.82, 2.24) is 10.5 Å². The van der Waals surface area contributed by atoms with Gasteiger partial charge in [-0.15, -0.1) is 0 Å². The van der Waals surface area contributed by atoms with Crippen LogP contribution < -0.4 is 5.32 Å². The predicted octanol–water partition coefficient (Wildman–Crippen LogP) is 2.12. The number of hydrogen-bond acceptors (Lipinski definition) is 5. The highest BCUT2D eigenvalue weighted by molar-refractivity contribution is 5.95. The highest BCUT2D eigenvalue weighted by atomic mass is 16.5. The maximum atomic E-state index is 11.9. The van der Waals surface area contributed by atoms with E-state index in [-0.39, 0.29) is 17.2 Å². The molecule has 0 bridgehead atoms. The molecule has 0 fully saturated rings. The standard InChI is InChI=1S/C14H16N2O5/c1-7(12-8(2)16-21-9(12)3)5-15-13(17)11-4-10(6-20-11)14(18)19/h4,6-7H,5H2,1-3H3,(H,15,17)(H,18,19). The number of amides is 1. The lowest BCUT2D eigenvalue weighted by atomic mass is 9.99. The van der Waals surface area contributed by atoms with Gasteiger partial charge in [0.15, 0.2) is 5.76 Å². The molecule has 0 saturated carbocycles. The molecule has 0 aromatic carbocycles. The quantitative estimate of drug-likeness (QED) is 0.874. The number of hydrogen-bond donors (Lipinski definition) is 2. The van der Waals surface area contributed by atoms with Crippen LogP contribution in [0.1, 0.15) is 50.8 Å². The maximum Gasteiger partial charge on any atom is 0.338 e. The first-order valence-corrected chi connectivity index (χ1v) is 6.43. The first kappa shape index (κ1) is 14.8. The van der Waals surface area contributed by atoms with Crippen molar-refractivity contribution < 1.29 is 23.6 Å². The molecule has 7 nitrogen and oxygen atoms in total. The molecule has 2 N–H and O–H groups in total. The molecule has 0 spiro atoms. The van der Waals surface area contributed by atoms with Gasteiger partial charge in [-0.25, -0.2) is 4.79 Å². The Kier molecular flexibility index (Phi) is 4.11. The predicted molar refractivity (Wildman–Crippen MR) is 72.4 cm³/mol. The smallest absolute Gasteiger partial charge is 0.338 e. The van der Waals surface area contributed by atoms with Crippen LogP contribution in [0.15, 0.2) is 21.3 Å². The van der Waals surface area contributed by atoms with Crippen LogP contribution in [0.25, 0.3) is 0 Å². The van der Waals surface area contributed by atoms with Gasteiger partial charge < -0.3 is 19.4 Å². The molecule has 0 aliphatic carbocycles. The molecule has 1 unspecified atom stereocenters. The van der Waals surface area contributed by atoms with Gasteiger partial charge in [-0.3, -0.25) is 4.79 Å². The van der Waals surface area contributed by atoms with Crippen LogP contribution >= 0.6 is 0 Å². The topological polar surface area (TPSA) is 106 Å². The average molecular weight is 292 g/mol. The molecule has 2 aromatic heterocycles. The second-order valence-corrected chi connectivity index (χ2v) is 4.85. The van der Waals surface area contributed by atoms with E-state index in [1.807, 2.05) is 20.8 Å². The maximum absolute atomic E-state index is 11.9. The van der Waals surface area contributed by atoms with Crippen LogP contribution in [0.2, 0.25) is 0 Å². The second-order valence-electron chi connectivity index (χ2n) is 4.85. The number of nitrogens with zero attached hydrogens (tertiary/aromatic N) is 1. The van der Waals surface area contributed by atoms with Crippen molar-refractivity contribution in [3.8, 4) is 0 Å². The van der Waals surface area contributed by atoms with Crippen LogP contribution in [0.3, 0.4) is 0 Å². The van der Waals surface area contributed by atoms with E-state index in [0.29, 0.717) is 6.54 Å². The van der Waals surface area contributed by atoms with Gasteiger partial charge in [-0.05, 0) is 13.8 Å². The molecule has 2 aromatic rings. The Hall–Kier alpha value is -2.57. The summed E-state index contributed by atoms with van der Waals surface area (Å²) in [6.07, 6.45) is 1.04. The van der Waals surface area contributed by atoms with E-state index in [4.69, 9.17) is 14.0 Å². The molecule has 0 aliphatic rings. The molecule has 0 saturated heterocycles. The molecular formula is C14H16N2O5. The minimum absolute atomic E-state index is 0.0223. The molecule has 1 amide bonds. The molecule has 2 rings (SSSR count). The summed E-state index contributed by atoms with van der Waals surface area (Å²) in [5.74, 6) is -0.879. The number of aromatic carboxylic acids is 1. The van der Waals surface area contributed by atoms with E-state index in [1.54, 1.807) is 0 Å². The number of nitrogens with one attached hydrogen (secondary N) is 1. The number of aryl methyl sites for hydroxylation is 2. The highest BCUT2D eigenvalue weighted by Crippen LogP contribution is 2.22. The highest BCUT2D eigenvalue weighted by Gasteiger charge is 2.19. The van der Waals surface area contributed by atoms with Gasteiger partial charge in [-0.1, -0.05) is 12.1 Å².